The van der Waals surface area contributed by atoms with Crippen LogP contribution in [0.15, 0.2) is 24.3 Å². The first-order chi connectivity index (χ1) is 9.34. The molecule has 0 aliphatic heterocycles. The van der Waals surface area contributed by atoms with Crippen LogP contribution >= 0.6 is 0 Å². The molecular formula is C15H22F3NO. The summed E-state index contributed by atoms with van der Waals surface area (Å²) in [5.74, 6) is 0.392. The van der Waals surface area contributed by atoms with Crippen molar-refractivity contribution >= 4 is 5.69 Å². The van der Waals surface area contributed by atoms with E-state index in [1.54, 1.807) is 12.1 Å². The van der Waals surface area contributed by atoms with Crippen LogP contribution in [0.2, 0.25) is 0 Å². The first kappa shape index (κ1) is 16.7. The highest BCUT2D eigenvalue weighted by atomic mass is 19.4. The van der Waals surface area contributed by atoms with Gasteiger partial charge in [0.1, 0.15) is 5.75 Å². The van der Waals surface area contributed by atoms with E-state index in [1.165, 1.54) is 12.1 Å². The van der Waals surface area contributed by atoms with Gasteiger partial charge in [-0.15, -0.1) is 13.2 Å². The van der Waals surface area contributed by atoms with Crippen LogP contribution < -0.4 is 10.1 Å². The van der Waals surface area contributed by atoms with Crippen LogP contribution in [-0.4, -0.2) is 12.4 Å². The van der Waals surface area contributed by atoms with Gasteiger partial charge < -0.3 is 10.1 Å². The molecule has 0 bridgehead atoms. The van der Waals surface area contributed by atoms with Crippen LogP contribution in [0.3, 0.4) is 0 Å². The van der Waals surface area contributed by atoms with E-state index in [9.17, 15) is 13.2 Å². The minimum atomic E-state index is -4.65. The lowest BCUT2D eigenvalue weighted by molar-refractivity contribution is -0.274. The van der Waals surface area contributed by atoms with E-state index in [0.717, 1.165) is 19.3 Å². The molecule has 5 heteroatoms. The summed E-state index contributed by atoms with van der Waals surface area (Å²) >= 11 is 0. The minimum Gasteiger partial charge on any atom is -0.406 e. The number of alkyl halides is 3. The number of hydrogen-bond donors (Lipinski definition) is 1. The number of anilines is 1. The summed E-state index contributed by atoms with van der Waals surface area (Å²) in [6, 6.07) is 6.24. The van der Waals surface area contributed by atoms with E-state index in [4.69, 9.17) is 0 Å². The molecule has 1 aromatic rings. The Labute approximate surface area is 118 Å². The van der Waals surface area contributed by atoms with Crippen molar-refractivity contribution in [1.29, 1.82) is 0 Å². The minimum absolute atomic E-state index is 0.194. The zero-order valence-electron chi connectivity index (χ0n) is 12.1. The molecule has 0 amide bonds. The Morgan fingerprint density at radius 1 is 1.20 bits per heavy atom. The van der Waals surface area contributed by atoms with Gasteiger partial charge in [0, 0.05) is 17.8 Å². The zero-order valence-corrected chi connectivity index (χ0v) is 12.1. The topological polar surface area (TPSA) is 21.3 Å². The van der Waals surface area contributed by atoms with Crippen LogP contribution in [0.4, 0.5) is 18.9 Å². The standard InChI is InChI=1S/C15H22F3NO/c1-4-11(3)9-12(5-2)19-13-7-6-8-14(10-13)20-15(16,17)18/h6-8,10-12,19H,4-5,9H2,1-3H3. The van der Waals surface area contributed by atoms with Gasteiger partial charge in [0.2, 0.25) is 0 Å². The van der Waals surface area contributed by atoms with Gasteiger partial charge in [-0.1, -0.05) is 33.3 Å². The van der Waals surface area contributed by atoms with E-state index in [2.05, 4.69) is 30.8 Å². The van der Waals surface area contributed by atoms with Crippen LogP contribution in [0.25, 0.3) is 0 Å². The Morgan fingerprint density at radius 2 is 1.90 bits per heavy atom. The predicted molar refractivity (Wildman–Crippen MR) is 74.9 cm³/mol. The van der Waals surface area contributed by atoms with Crippen molar-refractivity contribution in [1.82, 2.24) is 0 Å². The number of nitrogens with one attached hydrogen (secondary N) is 1. The average molecular weight is 289 g/mol. The molecule has 1 aromatic carbocycles. The Morgan fingerprint density at radius 3 is 2.45 bits per heavy atom. The summed E-state index contributed by atoms with van der Waals surface area (Å²) in [4.78, 5) is 0. The largest absolute Gasteiger partial charge is 0.573 e. The van der Waals surface area contributed by atoms with Crippen LogP contribution in [0.1, 0.15) is 40.0 Å². The Balaban J connectivity index is 2.69. The first-order valence-corrected chi connectivity index (χ1v) is 6.96. The zero-order chi connectivity index (χ0) is 15.2. The molecule has 2 nitrogen and oxygen atoms in total. The van der Waals surface area contributed by atoms with Gasteiger partial charge >= 0.3 is 6.36 Å². The molecule has 0 saturated carbocycles. The highest BCUT2D eigenvalue weighted by Crippen LogP contribution is 2.26. The highest BCUT2D eigenvalue weighted by molar-refractivity contribution is 5.48. The molecule has 20 heavy (non-hydrogen) atoms. The monoisotopic (exact) mass is 289 g/mol. The lowest BCUT2D eigenvalue weighted by Gasteiger charge is -2.22. The van der Waals surface area contributed by atoms with Crippen molar-refractivity contribution in [3.8, 4) is 5.75 Å². The van der Waals surface area contributed by atoms with Crippen molar-refractivity contribution in [2.75, 3.05) is 5.32 Å². The second-order valence-corrected chi connectivity index (χ2v) is 5.07. The van der Waals surface area contributed by atoms with Gasteiger partial charge in [0.25, 0.3) is 0 Å². The van der Waals surface area contributed by atoms with Gasteiger partial charge in [-0.2, -0.15) is 0 Å². The molecule has 114 valence electrons. The van der Waals surface area contributed by atoms with Crippen LogP contribution in [0, 0.1) is 5.92 Å². The number of halogens is 3. The summed E-state index contributed by atoms with van der Waals surface area (Å²) < 4.78 is 40.5. The van der Waals surface area contributed by atoms with Gasteiger partial charge in [0.05, 0.1) is 0 Å². The van der Waals surface area contributed by atoms with E-state index in [0.29, 0.717) is 11.6 Å². The lowest BCUT2D eigenvalue weighted by atomic mass is 9.97. The van der Waals surface area contributed by atoms with Gasteiger partial charge in [-0.3, -0.25) is 0 Å². The smallest absolute Gasteiger partial charge is 0.406 e. The Bertz CT molecular complexity index is 406. The van der Waals surface area contributed by atoms with Gasteiger partial charge in [0.15, 0.2) is 0 Å². The molecule has 0 fully saturated rings. The van der Waals surface area contributed by atoms with E-state index in [1.807, 2.05) is 0 Å². The highest BCUT2D eigenvalue weighted by Gasteiger charge is 2.31. The molecule has 0 aliphatic carbocycles. The second kappa shape index (κ2) is 7.41. The summed E-state index contributed by atoms with van der Waals surface area (Å²) in [5, 5.41) is 3.27. The summed E-state index contributed by atoms with van der Waals surface area (Å²) in [6.45, 7) is 6.37. The molecule has 0 aromatic heterocycles. The number of hydrogen-bond acceptors (Lipinski definition) is 2. The quantitative estimate of drug-likeness (QED) is 0.743. The van der Waals surface area contributed by atoms with Crippen molar-refractivity contribution in [3.05, 3.63) is 24.3 Å². The molecule has 0 aliphatic rings. The number of rotatable bonds is 7. The molecule has 1 rings (SSSR count). The molecule has 0 saturated heterocycles. The molecule has 0 heterocycles. The van der Waals surface area contributed by atoms with E-state index >= 15 is 0 Å². The summed E-state index contributed by atoms with van der Waals surface area (Å²) in [7, 11) is 0. The first-order valence-electron chi connectivity index (χ1n) is 6.96. The maximum Gasteiger partial charge on any atom is 0.573 e. The molecule has 2 atom stereocenters. The van der Waals surface area contributed by atoms with Crippen molar-refractivity contribution in [2.45, 2.75) is 52.4 Å². The van der Waals surface area contributed by atoms with Gasteiger partial charge in [-0.25, -0.2) is 0 Å². The maximum atomic E-state index is 12.2. The maximum absolute atomic E-state index is 12.2. The fourth-order valence-corrected chi connectivity index (χ4v) is 2.00. The molecular weight excluding hydrogens is 267 g/mol. The number of benzene rings is 1. The third kappa shape index (κ3) is 6.17. The summed E-state index contributed by atoms with van der Waals surface area (Å²) in [5.41, 5.74) is 0.655. The normalized spacial score (nSPS) is 14.7. The third-order valence-corrected chi connectivity index (χ3v) is 3.32. The van der Waals surface area contributed by atoms with Crippen molar-refractivity contribution in [2.24, 2.45) is 5.92 Å². The van der Waals surface area contributed by atoms with Crippen LogP contribution in [-0.2, 0) is 0 Å². The summed E-state index contributed by atoms with van der Waals surface area (Å²) in [6.07, 6.45) is -1.64. The lowest BCUT2D eigenvalue weighted by Crippen LogP contribution is -2.21. The number of ether oxygens (including phenoxy) is 1. The molecule has 0 spiro atoms. The van der Waals surface area contributed by atoms with Crippen LogP contribution in [0.5, 0.6) is 5.75 Å². The fourth-order valence-electron chi connectivity index (χ4n) is 2.00. The predicted octanol–water partition coefficient (Wildman–Crippen LogP) is 5.21. The third-order valence-electron chi connectivity index (χ3n) is 3.32. The Hall–Kier alpha value is -1.39. The second-order valence-electron chi connectivity index (χ2n) is 5.07. The van der Waals surface area contributed by atoms with Crippen molar-refractivity contribution in [3.63, 3.8) is 0 Å². The Kier molecular flexibility index (Phi) is 6.17. The van der Waals surface area contributed by atoms with Gasteiger partial charge in [-0.05, 0) is 30.9 Å². The molecule has 0 radical (unpaired) electrons. The molecule has 2 unspecified atom stereocenters. The fraction of sp³-hybridized carbons (Fsp3) is 0.600. The van der Waals surface area contributed by atoms with E-state index < -0.39 is 6.36 Å². The average Bonchev–Trinajstić information content (AvgIpc) is 2.36. The van der Waals surface area contributed by atoms with Crippen molar-refractivity contribution < 1.29 is 17.9 Å². The SMILES string of the molecule is CCC(C)CC(CC)Nc1cccc(OC(F)(F)F)c1. The van der Waals surface area contributed by atoms with E-state index in [-0.39, 0.29) is 11.8 Å². The molecule has 1 N–H and O–H groups in total.